The minimum Gasteiger partial charge on any atom is -0.415 e. The third kappa shape index (κ3) is 6.22. The van der Waals surface area contributed by atoms with E-state index in [1.807, 2.05) is 0 Å². The highest BCUT2D eigenvalue weighted by Crippen LogP contribution is 2.32. The van der Waals surface area contributed by atoms with Crippen LogP contribution in [-0.2, 0) is 23.5 Å². The topological polar surface area (TPSA) is 61.8 Å². The average Bonchev–Trinajstić information content (AvgIpc) is 2.22. The van der Waals surface area contributed by atoms with Gasteiger partial charge >= 0.3 is 0 Å². The van der Waals surface area contributed by atoms with Crippen LogP contribution in [0, 0.1) is 5.41 Å². The Labute approximate surface area is 124 Å². The molecular formula is C13H28O5SSi. The minimum atomic E-state index is -3.42. The van der Waals surface area contributed by atoms with Crippen LogP contribution in [0.2, 0.25) is 13.1 Å². The molecule has 0 aliphatic carbocycles. The van der Waals surface area contributed by atoms with Crippen LogP contribution in [0.25, 0.3) is 0 Å². The van der Waals surface area contributed by atoms with Crippen molar-refractivity contribution in [2.24, 2.45) is 5.41 Å². The average molecular weight is 325 g/mol. The minimum absolute atomic E-state index is 0.0277. The Bertz CT molecular complexity index is 401. The summed E-state index contributed by atoms with van der Waals surface area (Å²) in [5, 5.41) is 0. The second kappa shape index (κ2) is 6.87. The lowest BCUT2D eigenvalue weighted by Gasteiger charge is -2.41. The molecule has 120 valence electrons. The molecular weight excluding hydrogens is 296 g/mol. The van der Waals surface area contributed by atoms with Gasteiger partial charge in [-0.1, -0.05) is 20.8 Å². The van der Waals surface area contributed by atoms with Gasteiger partial charge in [0.05, 0.1) is 24.6 Å². The van der Waals surface area contributed by atoms with E-state index < -0.39 is 19.2 Å². The lowest BCUT2D eigenvalue weighted by atomic mass is 9.83. The van der Waals surface area contributed by atoms with Crippen LogP contribution in [0.1, 0.15) is 33.6 Å². The lowest BCUT2D eigenvalue weighted by Crippen LogP contribution is -2.48. The van der Waals surface area contributed by atoms with Gasteiger partial charge in [0.15, 0.2) is 9.04 Å². The summed E-state index contributed by atoms with van der Waals surface area (Å²) in [6, 6.07) is 0. The molecule has 0 aromatic carbocycles. The summed E-state index contributed by atoms with van der Waals surface area (Å²) in [5.74, 6) is 0. The normalized spacial score (nSPS) is 26.8. The van der Waals surface area contributed by atoms with Crippen molar-refractivity contribution in [2.45, 2.75) is 65.0 Å². The largest absolute Gasteiger partial charge is 0.415 e. The Morgan fingerprint density at radius 3 is 2.35 bits per heavy atom. The third-order valence-electron chi connectivity index (χ3n) is 3.19. The molecule has 3 atom stereocenters. The SMILES string of the molecule is C[SiH](C)OC(C1CC(OS(C)(=O)=O)CCO1)C(C)(C)C. The maximum Gasteiger partial charge on any atom is 0.264 e. The summed E-state index contributed by atoms with van der Waals surface area (Å²) >= 11 is 0. The standard InChI is InChI=1S/C13H28O5SSi/c1-13(2,3)12(18-20(5)6)11-9-10(7-8-16-11)17-19(4,14)15/h10-12,20H,7-9H2,1-6H3. The Morgan fingerprint density at radius 1 is 1.30 bits per heavy atom. The van der Waals surface area contributed by atoms with Gasteiger partial charge in [0.25, 0.3) is 10.1 Å². The zero-order valence-corrected chi connectivity index (χ0v) is 15.4. The molecule has 1 aliphatic rings. The Hall–Kier alpha value is 0.0469. The lowest BCUT2D eigenvalue weighted by molar-refractivity contribution is -0.112. The number of rotatable bonds is 5. The molecule has 0 amide bonds. The van der Waals surface area contributed by atoms with Crippen LogP contribution >= 0.6 is 0 Å². The van der Waals surface area contributed by atoms with Gasteiger partial charge < -0.3 is 9.16 Å². The van der Waals surface area contributed by atoms with E-state index >= 15 is 0 Å². The summed E-state index contributed by atoms with van der Waals surface area (Å²) in [6.07, 6.45) is 1.84. The fourth-order valence-corrected chi connectivity index (χ4v) is 4.32. The fourth-order valence-electron chi connectivity index (χ4n) is 2.48. The van der Waals surface area contributed by atoms with Gasteiger partial charge in [-0.05, 0) is 24.9 Å². The third-order valence-corrected chi connectivity index (χ3v) is 4.65. The van der Waals surface area contributed by atoms with Gasteiger partial charge in [-0.15, -0.1) is 0 Å². The van der Waals surface area contributed by atoms with Crippen LogP contribution in [0.5, 0.6) is 0 Å². The van der Waals surface area contributed by atoms with Crippen molar-refractivity contribution < 1.29 is 21.8 Å². The van der Waals surface area contributed by atoms with Crippen molar-refractivity contribution in [3.8, 4) is 0 Å². The maximum absolute atomic E-state index is 11.3. The molecule has 0 spiro atoms. The van der Waals surface area contributed by atoms with Gasteiger partial charge in [-0.25, -0.2) is 0 Å². The van der Waals surface area contributed by atoms with Crippen molar-refractivity contribution in [3.63, 3.8) is 0 Å². The van der Waals surface area contributed by atoms with E-state index in [1.54, 1.807) is 0 Å². The molecule has 0 saturated carbocycles. The van der Waals surface area contributed by atoms with E-state index in [2.05, 4.69) is 33.9 Å². The van der Waals surface area contributed by atoms with Crippen LogP contribution < -0.4 is 0 Å². The predicted octanol–water partition coefficient (Wildman–Crippen LogP) is 1.92. The van der Waals surface area contributed by atoms with Gasteiger partial charge in [-0.3, -0.25) is 4.18 Å². The van der Waals surface area contributed by atoms with E-state index in [-0.39, 0.29) is 23.7 Å². The molecule has 1 fully saturated rings. The monoisotopic (exact) mass is 324 g/mol. The first-order valence-electron chi connectivity index (χ1n) is 7.14. The molecule has 0 aromatic rings. The molecule has 1 rings (SSSR count). The van der Waals surface area contributed by atoms with Gasteiger partial charge in [0.2, 0.25) is 0 Å². The maximum atomic E-state index is 11.3. The number of hydrogen-bond donors (Lipinski definition) is 0. The number of hydrogen-bond acceptors (Lipinski definition) is 5. The predicted molar refractivity (Wildman–Crippen MR) is 81.9 cm³/mol. The van der Waals surface area contributed by atoms with Crippen molar-refractivity contribution >= 4 is 19.2 Å². The summed E-state index contributed by atoms with van der Waals surface area (Å²) < 4.78 is 39.6. The zero-order chi connectivity index (χ0) is 15.6. The van der Waals surface area contributed by atoms with Crippen LogP contribution in [-0.4, -0.2) is 48.6 Å². The Morgan fingerprint density at radius 2 is 1.90 bits per heavy atom. The molecule has 7 heteroatoms. The Balaban J connectivity index is 2.76. The van der Waals surface area contributed by atoms with E-state index in [0.29, 0.717) is 19.4 Å². The van der Waals surface area contributed by atoms with E-state index in [1.165, 1.54) is 0 Å². The van der Waals surface area contributed by atoms with E-state index in [4.69, 9.17) is 13.3 Å². The molecule has 0 N–H and O–H groups in total. The van der Waals surface area contributed by atoms with Gasteiger partial charge in [0.1, 0.15) is 0 Å². The van der Waals surface area contributed by atoms with Crippen molar-refractivity contribution in [3.05, 3.63) is 0 Å². The van der Waals surface area contributed by atoms with Crippen LogP contribution in [0.15, 0.2) is 0 Å². The second-order valence-electron chi connectivity index (χ2n) is 6.83. The molecule has 1 aliphatic heterocycles. The van der Waals surface area contributed by atoms with Gasteiger partial charge in [0, 0.05) is 13.0 Å². The molecule has 0 bridgehead atoms. The molecule has 1 heterocycles. The second-order valence-corrected chi connectivity index (χ2v) is 10.8. The summed E-state index contributed by atoms with van der Waals surface area (Å²) in [4.78, 5) is 0. The summed E-state index contributed by atoms with van der Waals surface area (Å²) in [5.41, 5.74) is -0.0467. The highest BCUT2D eigenvalue weighted by molar-refractivity contribution is 7.86. The fraction of sp³-hybridized carbons (Fsp3) is 1.00. The molecule has 3 unspecified atom stereocenters. The molecule has 5 nitrogen and oxygen atoms in total. The first-order valence-corrected chi connectivity index (χ1v) is 11.7. The molecule has 20 heavy (non-hydrogen) atoms. The zero-order valence-electron chi connectivity index (χ0n) is 13.4. The summed E-state index contributed by atoms with van der Waals surface area (Å²) in [6.45, 7) is 11.1. The van der Waals surface area contributed by atoms with Crippen LogP contribution in [0.4, 0.5) is 0 Å². The van der Waals surface area contributed by atoms with Gasteiger partial charge in [-0.2, -0.15) is 8.42 Å². The Kier molecular flexibility index (Phi) is 6.22. The first-order chi connectivity index (χ1) is 8.99. The highest BCUT2D eigenvalue weighted by atomic mass is 32.2. The molecule has 0 aromatic heterocycles. The van der Waals surface area contributed by atoms with Crippen molar-refractivity contribution in [1.29, 1.82) is 0 Å². The summed E-state index contributed by atoms with van der Waals surface area (Å²) in [7, 11) is -4.62. The molecule has 1 saturated heterocycles. The first kappa shape index (κ1) is 18.1. The van der Waals surface area contributed by atoms with E-state index in [0.717, 1.165) is 6.26 Å². The van der Waals surface area contributed by atoms with Crippen LogP contribution in [0.3, 0.4) is 0 Å². The smallest absolute Gasteiger partial charge is 0.264 e. The van der Waals surface area contributed by atoms with Crippen molar-refractivity contribution in [2.75, 3.05) is 12.9 Å². The molecule has 0 radical (unpaired) electrons. The quantitative estimate of drug-likeness (QED) is 0.571. The van der Waals surface area contributed by atoms with Crippen molar-refractivity contribution in [1.82, 2.24) is 0 Å². The number of ether oxygens (including phenoxy) is 1. The van der Waals surface area contributed by atoms with E-state index in [9.17, 15) is 8.42 Å². The highest BCUT2D eigenvalue weighted by Gasteiger charge is 2.38.